The van der Waals surface area contributed by atoms with E-state index in [0.29, 0.717) is 19.0 Å². The third-order valence-corrected chi connectivity index (χ3v) is 3.54. The summed E-state index contributed by atoms with van der Waals surface area (Å²) in [7, 11) is 1.89. The number of aromatic nitrogens is 1. The van der Waals surface area contributed by atoms with Crippen molar-refractivity contribution in [3.8, 4) is 0 Å². The van der Waals surface area contributed by atoms with E-state index < -0.39 is 0 Å². The number of likely N-dealkylation sites (N-methyl/N-ethyl adjacent to an activating group) is 1. The summed E-state index contributed by atoms with van der Waals surface area (Å²) in [5.74, 6) is 1.81. The highest BCUT2D eigenvalue weighted by atomic mass is 35.5. The molecular formula is C13H23Cl2N3OS. The summed E-state index contributed by atoms with van der Waals surface area (Å²) in [5.41, 5.74) is 1.06. The van der Waals surface area contributed by atoms with E-state index >= 15 is 0 Å². The minimum atomic E-state index is 0. The van der Waals surface area contributed by atoms with Crippen molar-refractivity contribution in [3.63, 3.8) is 0 Å². The smallest absolute Gasteiger partial charge is 0.220 e. The van der Waals surface area contributed by atoms with E-state index in [1.54, 1.807) is 18.0 Å². The Morgan fingerprint density at radius 3 is 2.75 bits per heavy atom. The molecule has 0 aromatic carbocycles. The number of rotatable bonds is 8. The molecule has 1 heterocycles. The highest BCUT2D eigenvalue weighted by Gasteiger charge is 2.03. The number of hydrogen-bond donors (Lipinski definition) is 2. The van der Waals surface area contributed by atoms with Crippen LogP contribution < -0.4 is 10.6 Å². The van der Waals surface area contributed by atoms with E-state index in [1.807, 2.05) is 32.2 Å². The van der Waals surface area contributed by atoms with Crippen LogP contribution in [0.15, 0.2) is 24.4 Å². The molecule has 0 spiro atoms. The Bertz CT molecular complexity index is 355. The molecule has 1 amide bonds. The molecule has 0 bridgehead atoms. The van der Waals surface area contributed by atoms with Gasteiger partial charge in [0.05, 0.1) is 5.69 Å². The van der Waals surface area contributed by atoms with Crippen molar-refractivity contribution >= 4 is 42.5 Å². The van der Waals surface area contributed by atoms with Crippen LogP contribution in [0.5, 0.6) is 0 Å². The quantitative estimate of drug-likeness (QED) is 0.713. The highest BCUT2D eigenvalue weighted by molar-refractivity contribution is 7.98. The van der Waals surface area contributed by atoms with Crippen molar-refractivity contribution in [2.45, 2.75) is 25.1 Å². The van der Waals surface area contributed by atoms with Crippen molar-refractivity contribution in [1.82, 2.24) is 15.6 Å². The van der Waals surface area contributed by atoms with Gasteiger partial charge >= 0.3 is 0 Å². The van der Waals surface area contributed by atoms with Gasteiger partial charge in [0.15, 0.2) is 0 Å². The largest absolute Gasteiger partial charge is 0.355 e. The average molecular weight is 340 g/mol. The van der Waals surface area contributed by atoms with Gasteiger partial charge in [-0.15, -0.1) is 24.8 Å². The normalized spacial score (nSPS) is 10.9. The zero-order valence-corrected chi connectivity index (χ0v) is 14.2. The zero-order valence-electron chi connectivity index (χ0n) is 11.8. The maximum Gasteiger partial charge on any atom is 0.220 e. The first-order chi connectivity index (χ1) is 8.72. The summed E-state index contributed by atoms with van der Waals surface area (Å²) >= 11 is 1.74. The molecule has 0 aliphatic rings. The predicted molar refractivity (Wildman–Crippen MR) is 91.0 cm³/mol. The second kappa shape index (κ2) is 13.5. The van der Waals surface area contributed by atoms with E-state index in [2.05, 4.69) is 15.6 Å². The first-order valence-corrected chi connectivity index (χ1v) is 7.29. The lowest BCUT2D eigenvalue weighted by atomic mass is 10.3. The van der Waals surface area contributed by atoms with Gasteiger partial charge in [-0.05, 0) is 26.1 Å². The Balaban J connectivity index is 0. The number of nitrogens with one attached hydrogen (secondary N) is 2. The molecule has 0 saturated heterocycles. The van der Waals surface area contributed by atoms with E-state index in [-0.39, 0.29) is 30.7 Å². The van der Waals surface area contributed by atoms with E-state index in [9.17, 15) is 4.79 Å². The van der Waals surface area contributed by atoms with Gasteiger partial charge in [0.25, 0.3) is 0 Å². The lowest BCUT2D eigenvalue weighted by Crippen LogP contribution is -2.37. The predicted octanol–water partition coefficient (Wildman–Crippen LogP) is 2.27. The standard InChI is InChI=1S/C13H21N3OS.2ClH/c1-11(14-2)9-16-13(17)6-8-18-10-12-5-3-4-7-15-12;;/h3-5,7,11,14H,6,8-10H2,1-2H3,(H,16,17);2*1H. The number of carbonyl (C=O) groups is 1. The molecule has 1 aromatic rings. The summed E-state index contributed by atoms with van der Waals surface area (Å²) in [4.78, 5) is 15.7. The maximum absolute atomic E-state index is 11.5. The van der Waals surface area contributed by atoms with Gasteiger partial charge in [-0.25, -0.2) is 0 Å². The Morgan fingerprint density at radius 1 is 1.40 bits per heavy atom. The number of pyridine rings is 1. The van der Waals surface area contributed by atoms with Crippen molar-refractivity contribution in [2.24, 2.45) is 0 Å². The first-order valence-electron chi connectivity index (χ1n) is 6.14. The number of thioether (sulfide) groups is 1. The van der Waals surface area contributed by atoms with Crippen LogP contribution in [0, 0.1) is 0 Å². The van der Waals surface area contributed by atoms with Crippen LogP contribution in [0.25, 0.3) is 0 Å². The fraction of sp³-hybridized carbons (Fsp3) is 0.538. The lowest BCUT2D eigenvalue weighted by Gasteiger charge is -2.11. The third kappa shape index (κ3) is 10.3. The second-order valence-corrected chi connectivity index (χ2v) is 5.22. The van der Waals surface area contributed by atoms with Gasteiger partial charge in [-0.2, -0.15) is 11.8 Å². The van der Waals surface area contributed by atoms with E-state index in [4.69, 9.17) is 0 Å². The van der Waals surface area contributed by atoms with Crippen molar-refractivity contribution in [2.75, 3.05) is 19.3 Å². The van der Waals surface area contributed by atoms with Crippen LogP contribution in [0.3, 0.4) is 0 Å². The van der Waals surface area contributed by atoms with Gasteiger partial charge in [0.1, 0.15) is 0 Å². The monoisotopic (exact) mass is 339 g/mol. The lowest BCUT2D eigenvalue weighted by molar-refractivity contribution is -0.120. The molecule has 7 heteroatoms. The number of amides is 1. The molecule has 1 rings (SSSR count). The Hall–Kier alpha value is -0.490. The van der Waals surface area contributed by atoms with Crippen LogP contribution in [0.1, 0.15) is 19.0 Å². The second-order valence-electron chi connectivity index (χ2n) is 4.12. The summed E-state index contributed by atoms with van der Waals surface area (Å²) in [6.07, 6.45) is 2.36. The van der Waals surface area contributed by atoms with Crippen LogP contribution in [0.2, 0.25) is 0 Å². The minimum absolute atomic E-state index is 0. The molecule has 0 aliphatic heterocycles. The van der Waals surface area contributed by atoms with Crippen molar-refractivity contribution in [1.29, 1.82) is 0 Å². The van der Waals surface area contributed by atoms with Crippen LogP contribution in [-0.2, 0) is 10.5 Å². The molecule has 0 radical (unpaired) electrons. The highest BCUT2D eigenvalue weighted by Crippen LogP contribution is 2.10. The van der Waals surface area contributed by atoms with Crippen molar-refractivity contribution in [3.05, 3.63) is 30.1 Å². The van der Waals surface area contributed by atoms with Crippen LogP contribution in [-0.4, -0.2) is 36.3 Å². The summed E-state index contributed by atoms with van der Waals surface area (Å²) in [5, 5.41) is 5.98. The number of nitrogens with zero attached hydrogens (tertiary/aromatic N) is 1. The first kappa shape index (κ1) is 21.8. The molecule has 1 atom stereocenters. The summed E-state index contributed by atoms with van der Waals surface area (Å²) < 4.78 is 0. The number of halogens is 2. The molecule has 20 heavy (non-hydrogen) atoms. The van der Waals surface area contributed by atoms with Crippen LogP contribution >= 0.6 is 36.6 Å². The third-order valence-electron chi connectivity index (χ3n) is 2.55. The fourth-order valence-electron chi connectivity index (χ4n) is 1.28. The fourth-order valence-corrected chi connectivity index (χ4v) is 2.14. The number of hydrogen-bond acceptors (Lipinski definition) is 4. The molecule has 4 nitrogen and oxygen atoms in total. The molecule has 116 valence electrons. The molecular weight excluding hydrogens is 317 g/mol. The van der Waals surface area contributed by atoms with Gasteiger partial charge in [-0.3, -0.25) is 9.78 Å². The average Bonchev–Trinajstić information content (AvgIpc) is 2.42. The number of carbonyl (C=O) groups excluding carboxylic acids is 1. The molecule has 0 saturated carbocycles. The summed E-state index contributed by atoms with van der Waals surface area (Å²) in [6.45, 7) is 2.72. The molecule has 1 unspecified atom stereocenters. The Morgan fingerprint density at radius 2 is 2.15 bits per heavy atom. The van der Waals surface area contributed by atoms with Crippen molar-refractivity contribution < 1.29 is 4.79 Å². The SMILES string of the molecule is CNC(C)CNC(=O)CCSCc1ccccn1.Cl.Cl. The topological polar surface area (TPSA) is 54.0 Å². The molecule has 0 aliphatic carbocycles. The van der Waals surface area contributed by atoms with E-state index in [1.165, 1.54) is 0 Å². The molecule has 0 fully saturated rings. The van der Waals surface area contributed by atoms with Crippen LogP contribution in [0.4, 0.5) is 0 Å². The summed E-state index contributed by atoms with van der Waals surface area (Å²) in [6, 6.07) is 6.20. The Kier molecular flexibility index (Phi) is 14.7. The molecule has 2 N–H and O–H groups in total. The maximum atomic E-state index is 11.5. The molecule has 1 aromatic heterocycles. The van der Waals surface area contributed by atoms with Gasteiger partial charge in [-0.1, -0.05) is 6.07 Å². The van der Waals surface area contributed by atoms with Gasteiger partial charge in [0.2, 0.25) is 5.91 Å². The van der Waals surface area contributed by atoms with Gasteiger partial charge < -0.3 is 10.6 Å². The minimum Gasteiger partial charge on any atom is -0.355 e. The Labute approximate surface area is 137 Å². The van der Waals surface area contributed by atoms with E-state index in [0.717, 1.165) is 17.2 Å². The zero-order chi connectivity index (χ0) is 13.2. The van der Waals surface area contributed by atoms with Gasteiger partial charge in [0, 0.05) is 36.7 Å².